The first-order valence-electron chi connectivity index (χ1n) is 6.49. The van der Waals surface area contributed by atoms with E-state index in [4.69, 9.17) is 10.3 Å². The summed E-state index contributed by atoms with van der Waals surface area (Å²) in [5.74, 6) is 5.41. The van der Waals surface area contributed by atoms with Gasteiger partial charge < -0.3 is 4.42 Å². The van der Waals surface area contributed by atoms with E-state index >= 15 is 0 Å². The van der Waals surface area contributed by atoms with Crippen molar-refractivity contribution in [3.05, 3.63) is 71.0 Å². The van der Waals surface area contributed by atoms with Crippen molar-refractivity contribution in [2.45, 2.75) is 13.0 Å². The Balaban J connectivity index is 2.08. The number of hydrogen-bond donors (Lipinski definition) is 2. The first-order valence-corrected chi connectivity index (χ1v) is 6.49. The van der Waals surface area contributed by atoms with Crippen LogP contribution in [-0.4, -0.2) is 0 Å². The van der Waals surface area contributed by atoms with E-state index in [2.05, 4.69) is 5.43 Å². The highest BCUT2D eigenvalue weighted by molar-refractivity contribution is 5.78. The molecule has 1 heterocycles. The number of hydrazine groups is 1. The zero-order chi connectivity index (χ0) is 15.0. The molecule has 0 radical (unpaired) electrons. The highest BCUT2D eigenvalue weighted by atomic mass is 19.1. The molecule has 0 aliphatic heterocycles. The van der Waals surface area contributed by atoms with E-state index < -0.39 is 6.04 Å². The van der Waals surface area contributed by atoms with Crippen LogP contribution in [0, 0.1) is 18.6 Å². The molecule has 0 amide bonds. The van der Waals surface area contributed by atoms with E-state index in [0.29, 0.717) is 22.3 Å². The molecule has 3 N–H and O–H groups in total. The molecule has 3 rings (SSSR count). The van der Waals surface area contributed by atoms with Crippen molar-refractivity contribution >= 4 is 11.0 Å². The van der Waals surface area contributed by atoms with Gasteiger partial charge in [0.2, 0.25) is 0 Å². The van der Waals surface area contributed by atoms with Crippen LogP contribution < -0.4 is 11.3 Å². The third kappa shape index (κ3) is 2.66. The summed E-state index contributed by atoms with van der Waals surface area (Å²) in [6, 6.07) is 10.1. The Hall–Kier alpha value is -2.24. The van der Waals surface area contributed by atoms with Gasteiger partial charge in [-0.1, -0.05) is 6.07 Å². The fraction of sp³-hybridized carbons (Fsp3) is 0.125. The predicted molar refractivity (Wildman–Crippen MR) is 76.5 cm³/mol. The number of rotatable bonds is 3. The summed E-state index contributed by atoms with van der Waals surface area (Å²) >= 11 is 0. The molecular formula is C16H14F2N2O. The van der Waals surface area contributed by atoms with Crippen LogP contribution in [-0.2, 0) is 0 Å². The lowest BCUT2D eigenvalue weighted by molar-refractivity contribution is 0.475. The van der Waals surface area contributed by atoms with E-state index in [-0.39, 0.29) is 11.6 Å². The number of furan rings is 1. The Morgan fingerprint density at radius 1 is 1.05 bits per heavy atom. The van der Waals surface area contributed by atoms with Crippen LogP contribution in [0.2, 0.25) is 0 Å². The molecule has 0 bridgehead atoms. The standard InChI is InChI=1S/C16H14F2N2O/c1-9-4-11(7-13(18)5-9)16(20-19)15-8-10-6-12(17)2-3-14(10)21-15/h2-8,16,20H,19H2,1H3. The molecule has 0 spiro atoms. The molecule has 108 valence electrons. The summed E-state index contributed by atoms with van der Waals surface area (Å²) in [5.41, 5.74) is 4.60. The van der Waals surface area contributed by atoms with Gasteiger partial charge in [-0.05, 0) is 54.4 Å². The number of aryl methyl sites for hydroxylation is 1. The lowest BCUT2D eigenvalue weighted by Gasteiger charge is -2.14. The van der Waals surface area contributed by atoms with E-state index in [1.54, 1.807) is 19.1 Å². The first kappa shape index (κ1) is 13.7. The Morgan fingerprint density at radius 3 is 2.57 bits per heavy atom. The largest absolute Gasteiger partial charge is 0.459 e. The summed E-state index contributed by atoms with van der Waals surface area (Å²) in [6.07, 6.45) is 0. The van der Waals surface area contributed by atoms with E-state index in [1.807, 2.05) is 6.07 Å². The third-order valence-corrected chi connectivity index (χ3v) is 3.35. The molecule has 1 aromatic heterocycles. The fourth-order valence-corrected chi connectivity index (χ4v) is 2.45. The number of nitrogens with two attached hydrogens (primary N) is 1. The lowest BCUT2D eigenvalue weighted by Crippen LogP contribution is -2.28. The minimum atomic E-state index is -0.505. The van der Waals surface area contributed by atoms with Crippen LogP contribution in [0.3, 0.4) is 0 Å². The summed E-state index contributed by atoms with van der Waals surface area (Å²) in [5, 5.41) is 0.637. The average molecular weight is 288 g/mol. The van der Waals surface area contributed by atoms with Gasteiger partial charge in [-0.3, -0.25) is 5.84 Å². The Kier molecular flexibility index (Phi) is 3.45. The summed E-state index contributed by atoms with van der Waals surface area (Å²) in [4.78, 5) is 0. The normalized spacial score (nSPS) is 12.8. The molecule has 5 heteroatoms. The zero-order valence-corrected chi connectivity index (χ0v) is 11.4. The molecule has 3 aromatic rings. The van der Waals surface area contributed by atoms with Gasteiger partial charge in [-0.15, -0.1) is 0 Å². The second-order valence-corrected chi connectivity index (χ2v) is 4.99. The van der Waals surface area contributed by atoms with Gasteiger partial charge >= 0.3 is 0 Å². The van der Waals surface area contributed by atoms with Crippen LogP contribution in [0.4, 0.5) is 8.78 Å². The molecule has 0 saturated carbocycles. The number of fused-ring (bicyclic) bond motifs is 1. The van der Waals surface area contributed by atoms with Gasteiger partial charge in [0.05, 0.1) is 0 Å². The maximum Gasteiger partial charge on any atom is 0.134 e. The molecule has 2 aromatic carbocycles. The quantitative estimate of drug-likeness (QED) is 0.572. The number of benzene rings is 2. The second kappa shape index (κ2) is 5.27. The van der Waals surface area contributed by atoms with Crippen LogP contribution in [0.25, 0.3) is 11.0 Å². The maximum absolute atomic E-state index is 13.5. The Labute approximate surface area is 120 Å². The van der Waals surface area contributed by atoms with Crippen molar-refractivity contribution in [3.8, 4) is 0 Å². The monoisotopic (exact) mass is 288 g/mol. The van der Waals surface area contributed by atoms with Gasteiger partial charge in [0, 0.05) is 5.39 Å². The van der Waals surface area contributed by atoms with Gasteiger partial charge in [-0.2, -0.15) is 0 Å². The molecule has 0 aliphatic carbocycles. The van der Waals surface area contributed by atoms with Crippen LogP contribution in [0.1, 0.15) is 22.9 Å². The molecule has 0 fully saturated rings. The third-order valence-electron chi connectivity index (χ3n) is 3.35. The van der Waals surface area contributed by atoms with Crippen molar-refractivity contribution in [1.82, 2.24) is 5.43 Å². The van der Waals surface area contributed by atoms with Gasteiger partial charge in [0.1, 0.15) is 29.0 Å². The van der Waals surface area contributed by atoms with Gasteiger partial charge in [0.15, 0.2) is 0 Å². The summed E-state index contributed by atoms with van der Waals surface area (Å²) in [6.45, 7) is 1.80. The van der Waals surface area contributed by atoms with Crippen molar-refractivity contribution in [3.63, 3.8) is 0 Å². The van der Waals surface area contributed by atoms with E-state index in [9.17, 15) is 8.78 Å². The average Bonchev–Trinajstić information content (AvgIpc) is 2.81. The molecule has 21 heavy (non-hydrogen) atoms. The molecule has 1 unspecified atom stereocenters. The molecule has 1 atom stereocenters. The van der Waals surface area contributed by atoms with Crippen LogP contribution in [0.5, 0.6) is 0 Å². The Morgan fingerprint density at radius 2 is 1.86 bits per heavy atom. The Bertz CT molecular complexity index is 778. The van der Waals surface area contributed by atoms with Crippen molar-refractivity contribution in [2.24, 2.45) is 5.84 Å². The summed E-state index contributed by atoms with van der Waals surface area (Å²) in [7, 11) is 0. The van der Waals surface area contributed by atoms with Crippen LogP contribution >= 0.6 is 0 Å². The van der Waals surface area contributed by atoms with E-state index in [1.165, 1.54) is 24.3 Å². The summed E-state index contributed by atoms with van der Waals surface area (Å²) < 4.78 is 32.5. The molecular weight excluding hydrogens is 274 g/mol. The highest BCUT2D eigenvalue weighted by Crippen LogP contribution is 2.29. The number of halogens is 2. The van der Waals surface area contributed by atoms with E-state index in [0.717, 1.165) is 5.56 Å². The zero-order valence-electron chi connectivity index (χ0n) is 11.4. The smallest absolute Gasteiger partial charge is 0.134 e. The maximum atomic E-state index is 13.5. The second-order valence-electron chi connectivity index (χ2n) is 4.99. The fourth-order valence-electron chi connectivity index (χ4n) is 2.45. The van der Waals surface area contributed by atoms with Crippen molar-refractivity contribution < 1.29 is 13.2 Å². The van der Waals surface area contributed by atoms with Crippen LogP contribution in [0.15, 0.2) is 46.9 Å². The minimum Gasteiger partial charge on any atom is -0.459 e. The first-order chi connectivity index (χ1) is 10.1. The molecule has 0 saturated heterocycles. The van der Waals surface area contributed by atoms with Crippen molar-refractivity contribution in [2.75, 3.05) is 0 Å². The lowest BCUT2D eigenvalue weighted by atomic mass is 10.0. The minimum absolute atomic E-state index is 0.339. The highest BCUT2D eigenvalue weighted by Gasteiger charge is 2.18. The number of hydrogen-bond acceptors (Lipinski definition) is 3. The van der Waals surface area contributed by atoms with Gasteiger partial charge in [-0.25, -0.2) is 14.2 Å². The van der Waals surface area contributed by atoms with Crippen molar-refractivity contribution in [1.29, 1.82) is 0 Å². The number of nitrogens with one attached hydrogen (secondary N) is 1. The topological polar surface area (TPSA) is 51.2 Å². The van der Waals surface area contributed by atoms with Gasteiger partial charge in [0.25, 0.3) is 0 Å². The SMILES string of the molecule is Cc1cc(F)cc(C(NN)c2cc3cc(F)ccc3o2)c1. The molecule has 0 aliphatic rings. The molecule has 3 nitrogen and oxygen atoms in total. The predicted octanol–water partition coefficient (Wildman–Crippen LogP) is 3.57.